The summed E-state index contributed by atoms with van der Waals surface area (Å²) in [6.07, 6.45) is -1.00. The Bertz CT molecular complexity index is 907. The van der Waals surface area contributed by atoms with Gasteiger partial charge in [0.15, 0.2) is 6.10 Å². The molecule has 3 aromatic rings. The van der Waals surface area contributed by atoms with E-state index in [1.54, 1.807) is 48.5 Å². The van der Waals surface area contributed by atoms with Crippen LogP contribution in [0.4, 0.5) is 5.69 Å². The first kappa shape index (κ1) is 18.4. The largest absolute Gasteiger partial charge is 0.445 e. The number of hydrogen-bond acceptors (Lipinski definition) is 4. The zero-order valence-electron chi connectivity index (χ0n) is 15.1. The highest BCUT2D eigenvalue weighted by Gasteiger charge is 2.27. The van der Waals surface area contributed by atoms with Gasteiger partial charge >= 0.3 is 5.97 Å². The molecule has 1 N–H and O–H groups in total. The van der Waals surface area contributed by atoms with E-state index in [1.807, 2.05) is 43.3 Å². The maximum Gasteiger partial charge on any atom is 0.341 e. The van der Waals surface area contributed by atoms with E-state index in [1.165, 1.54) is 0 Å². The lowest BCUT2D eigenvalue weighted by Crippen LogP contribution is -2.21. The summed E-state index contributed by atoms with van der Waals surface area (Å²) in [5.74, 6) is -0.791. The Hall–Kier alpha value is -3.40. The highest BCUT2D eigenvalue weighted by molar-refractivity contribution is 6.03. The average Bonchev–Trinajstić information content (AvgIpc) is 2.73. The number of carbonyl (C=O) groups is 2. The van der Waals surface area contributed by atoms with Gasteiger partial charge in [-0.05, 0) is 19.1 Å². The standard InChI is InChI=1S/C23H21NO3/c1-2-24-20-16-10-9-15-19(20)23(26)27-22(18-13-7-4-8-14-18)21(25)17-11-5-3-6-12-17/h3-16,22,24H,2H2,1H3/t22-/m0/s1. The van der Waals surface area contributed by atoms with Crippen molar-refractivity contribution in [3.05, 3.63) is 102 Å². The molecule has 3 rings (SSSR count). The lowest BCUT2D eigenvalue weighted by molar-refractivity contribution is 0.0281. The molecule has 0 amide bonds. The van der Waals surface area contributed by atoms with Crippen molar-refractivity contribution < 1.29 is 14.3 Å². The van der Waals surface area contributed by atoms with Crippen molar-refractivity contribution in [3.63, 3.8) is 0 Å². The van der Waals surface area contributed by atoms with Crippen molar-refractivity contribution in [2.24, 2.45) is 0 Å². The number of benzene rings is 3. The number of ether oxygens (including phenoxy) is 1. The van der Waals surface area contributed by atoms with Gasteiger partial charge in [-0.1, -0.05) is 72.8 Å². The van der Waals surface area contributed by atoms with E-state index in [0.29, 0.717) is 28.9 Å². The van der Waals surface area contributed by atoms with Crippen LogP contribution < -0.4 is 5.32 Å². The fourth-order valence-electron chi connectivity index (χ4n) is 2.83. The second-order valence-electron chi connectivity index (χ2n) is 6.00. The number of esters is 1. The highest BCUT2D eigenvalue weighted by atomic mass is 16.5. The monoisotopic (exact) mass is 359 g/mol. The van der Waals surface area contributed by atoms with Crippen molar-refractivity contribution in [1.82, 2.24) is 0 Å². The van der Waals surface area contributed by atoms with Crippen molar-refractivity contribution in [1.29, 1.82) is 0 Å². The lowest BCUT2D eigenvalue weighted by Gasteiger charge is -2.18. The fourth-order valence-corrected chi connectivity index (χ4v) is 2.83. The van der Waals surface area contributed by atoms with E-state index in [-0.39, 0.29) is 5.78 Å². The summed E-state index contributed by atoms with van der Waals surface area (Å²) in [4.78, 5) is 25.9. The van der Waals surface area contributed by atoms with Crippen LogP contribution in [0.3, 0.4) is 0 Å². The third-order valence-corrected chi connectivity index (χ3v) is 4.14. The summed E-state index contributed by atoms with van der Waals surface area (Å²) in [6.45, 7) is 2.63. The molecule has 0 saturated carbocycles. The van der Waals surface area contributed by atoms with Crippen molar-refractivity contribution in [2.45, 2.75) is 13.0 Å². The predicted octanol–water partition coefficient (Wildman–Crippen LogP) is 4.90. The summed E-state index contributed by atoms with van der Waals surface area (Å²) in [7, 11) is 0. The number of anilines is 1. The molecule has 136 valence electrons. The van der Waals surface area contributed by atoms with Crippen LogP contribution in [-0.2, 0) is 4.74 Å². The molecule has 0 aromatic heterocycles. The van der Waals surface area contributed by atoms with Crippen molar-refractivity contribution in [3.8, 4) is 0 Å². The molecule has 0 unspecified atom stereocenters. The molecule has 4 nitrogen and oxygen atoms in total. The van der Waals surface area contributed by atoms with Crippen LogP contribution in [0.2, 0.25) is 0 Å². The van der Waals surface area contributed by atoms with E-state index in [4.69, 9.17) is 4.74 Å². The topological polar surface area (TPSA) is 55.4 Å². The van der Waals surface area contributed by atoms with Crippen LogP contribution in [-0.4, -0.2) is 18.3 Å². The number of Topliss-reactive ketones (excluding diaryl/α,β-unsaturated/α-hetero) is 1. The van der Waals surface area contributed by atoms with E-state index < -0.39 is 12.1 Å². The van der Waals surface area contributed by atoms with Gasteiger partial charge in [0, 0.05) is 23.4 Å². The van der Waals surface area contributed by atoms with Crippen molar-refractivity contribution >= 4 is 17.4 Å². The Morgan fingerprint density at radius 2 is 1.44 bits per heavy atom. The Morgan fingerprint density at radius 1 is 0.852 bits per heavy atom. The first-order valence-electron chi connectivity index (χ1n) is 8.88. The number of nitrogens with one attached hydrogen (secondary N) is 1. The summed E-state index contributed by atoms with van der Waals surface area (Å²) < 4.78 is 5.70. The third kappa shape index (κ3) is 4.42. The van der Waals surface area contributed by atoms with Gasteiger partial charge in [-0.15, -0.1) is 0 Å². The minimum Gasteiger partial charge on any atom is -0.445 e. The first-order chi connectivity index (χ1) is 13.2. The van der Waals surface area contributed by atoms with Crippen molar-refractivity contribution in [2.75, 3.05) is 11.9 Å². The minimum atomic E-state index is -1.00. The number of ketones is 1. The molecular weight excluding hydrogens is 338 g/mol. The second kappa shape index (κ2) is 8.81. The number of carbonyl (C=O) groups excluding carboxylic acids is 2. The predicted molar refractivity (Wildman–Crippen MR) is 106 cm³/mol. The zero-order valence-corrected chi connectivity index (χ0v) is 15.1. The number of hydrogen-bond donors (Lipinski definition) is 1. The van der Waals surface area contributed by atoms with Crippen LogP contribution in [0.25, 0.3) is 0 Å². The highest BCUT2D eigenvalue weighted by Crippen LogP contribution is 2.26. The summed E-state index contributed by atoms with van der Waals surface area (Å²) in [5, 5.41) is 3.15. The Kier molecular flexibility index (Phi) is 6.00. The second-order valence-corrected chi connectivity index (χ2v) is 6.00. The summed E-state index contributed by atoms with van der Waals surface area (Å²) >= 11 is 0. The summed E-state index contributed by atoms with van der Waals surface area (Å²) in [6, 6.07) is 25.1. The smallest absolute Gasteiger partial charge is 0.341 e. The quantitative estimate of drug-likeness (QED) is 0.481. The van der Waals surface area contributed by atoms with Gasteiger partial charge < -0.3 is 10.1 Å². The fraction of sp³-hybridized carbons (Fsp3) is 0.130. The lowest BCUT2D eigenvalue weighted by atomic mass is 9.99. The first-order valence-corrected chi connectivity index (χ1v) is 8.88. The van der Waals surface area contributed by atoms with Gasteiger partial charge in [0.05, 0.1) is 5.56 Å². The van der Waals surface area contributed by atoms with E-state index >= 15 is 0 Å². The maximum absolute atomic E-state index is 13.0. The van der Waals surface area contributed by atoms with Gasteiger partial charge in [-0.3, -0.25) is 4.79 Å². The molecule has 27 heavy (non-hydrogen) atoms. The summed E-state index contributed by atoms with van der Waals surface area (Å²) in [5.41, 5.74) is 2.23. The molecule has 4 heteroatoms. The normalized spacial score (nSPS) is 11.4. The van der Waals surface area contributed by atoms with Crippen LogP contribution in [0.1, 0.15) is 39.3 Å². The Labute approximate surface area is 158 Å². The molecule has 0 aliphatic carbocycles. The van der Waals surface area contributed by atoms with Gasteiger partial charge in [-0.25, -0.2) is 4.79 Å². The molecule has 0 radical (unpaired) electrons. The molecule has 0 bridgehead atoms. The average molecular weight is 359 g/mol. The van der Waals surface area contributed by atoms with E-state index in [9.17, 15) is 9.59 Å². The van der Waals surface area contributed by atoms with E-state index in [0.717, 1.165) is 0 Å². The molecular formula is C23H21NO3. The third-order valence-electron chi connectivity index (χ3n) is 4.14. The molecule has 0 saturated heterocycles. The molecule has 1 atom stereocenters. The van der Waals surface area contributed by atoms with E-state index in [2.05, 4.69) is 5.32 Å². The molecule has 0 heterocycles. The number of rotatable bonds is 7. The molecule has 0 fully saturated rings. The van der Waals surface area contributed by atoms with Crippen LogP contribution in [0.5, 0.6) is 0 Å². The molecule has 3 aromatic carbocycles. The van der Waals surface area contributed by atoms with Gasteiger partial charge in [0.1, 0.15) is 0 Å². The van der Waals surface area contributed by atoms with Crippen LogP contribution in [0, 0.1) is 0 Å². The van der Waals surface area contributed by atoms with Gasteiger partial charge in [0.2, 0.25) is 5.78 Å². The molecule has 0 spiro atoms. The molecule has 0 aliphatic heterocycles. The zero-order chi connectivity index (χ0) is 19.1. The maximum atomic E-state index is 13.0. The van der Waals surface area contributed by atoms with Gasteiger partial charge in [-0.2, -0.15) is 0 Å². The van der Waals surface area contributed by atoms with Crippen LogP contribution in [0.15, 0.2) is 84.9 Å². The molecule has 0 aliphatic rings. The Morgan fingerprint density at radius 3 is 2.11 bits per heavy atom. The number of para-hydroxylation sites is 1. The SMILES string of the molecule is CCNc1ccccc1C(=O)O[C@H](C(=O)c1ccccc1)c1ccccc1. The minimum absolute atomic E-state index is 0.254. The van der Waals surface area contributed by atoms with Gasteiger partial charge in [0.25, 0.3) is 0 Å². The Balaban J connectivity index is 1.93. The van der Waals surface area contributed by atoms with Crippen LogP contribution >= 0.6 is 0 Å².